The fourth-order valence-corrected chi connectivity index (χ4v) is 5.82. The summed E-state index contributed by atoms with van der Waals surface area (Å²) in [5.74, 6) is 0.883. The molecule has 2 aliphatic rings. The molecule has 2 aromatic rings. The normalized spacial score (nSPS) is 17.2. The second-order valence-corrected chi connectivity index (χ2v) is 9.30. The molecule has 0 aromatic carbocycles. The number of pyridine rings is 1. The van der Waals surface area contributed by atoms with Crippen molar-refractivity contribution in [1.82, 2.24) is 4.98 Å². The fourth-order valence-electron chi connectivity index (χ4n) is 4.52. The van der Waals surface area contributed by atoms with Crippen LogP contribution in [-0.4, -0.2) is 16.8 Å². The molecule has 2 aliphatic carbocycles. The molecule has 1 fully saturated rings. The molecule has 0 radical (unpaired) electrons. The van der Waals surface area contributed by atoms with Crippen molar-refractivity contribution in [2.24, 2.45) is 5.92 Å². The molecule has 0 atom stereocenters. The summed E-state index contributed by atoms with van der Waals surface area (Å²) in [4.78, 5) is 31.4. The van der Waals surface area contributed by atoms with Gasteiger partial charge in [-0.05, 0) is 62.1 Å². The van der Waals surface area contributed by atoms with Crippen molar-refractivity contribution in [1.29, 1.82) is 0 Å². The molecule has 1 saturated carbocycles. The third-order valence-corrected chi connectivity index (χ3v) is 7.21. The second kappa shape index (κ2) is 9.53. The van der Waals surface area contributed by atoms with Crippen LogP contribution in [0.3, 0.4) is 0 Å². The molecule has 2 aromatic heterocycles. The van der Waals surface area contributed by atoms with E-state index in [0.29, 0.717) is 28.7 Å². The van der Waals surface area contributed by atoms with Crippen molar-refractivity contribution in [2.75, 3.05) is 10.6 Å². The number of fused-ring (bicyclic) bond motifs is 1. The van der Waals surface area contributed by atoms with Crippen LogP contribution in [0.25, 0.3) is 0 Å². The molecule has 29 heavy (non-hydrogen) atoms. The van der Waals surface area contributed by atoms with Gasteiger partial charge in [-0.2, -0.15) is 0 Å². The van der Waals surface area contributed by atoms with Gasteiger partial charge in [-0.3, -0.25) is 9.59 Å². The SMILES string of the molecule is O=C(CC1CCCCC1)Nc1sc2c(c1C(=O)Nc1ccccn1)CCCCC2. The number of nitrogens with one attached hydrogen (secondary N) is 2. The Morgan fingerprint density at radius 2 is 1.79 bits per heavy atom. The lowest BCUT2D eigenvalue weighted by Crippen LogP contribution is -2.21. The van der Waals surface area contributed by atoms with Crippen LogP contribution in [0.2, 0.25) is 0 Å². The summed E-state index contributed by atoms with van der Waals surface area (Å²) in [5.41, 5.74) is 1.77. The number of nitrogens with zero attached hydrogens (tertiary/aromatic N) is 1. The second-order valence-electron chi connectivity index (χ2n) is 8.19. The van der Waals surface area contributed by atoms with E-state index < -0.39 is 0 Å². The van der Waals surface area contributed by atoms with Gasteiger partial charge in [0.05, 0.1) is 5.56 Å². The Morgan fingerprint density at radius 1 is 1.00 bits per heavy atom. The maximum Gasteiger partial charge on any atom is 0.260 e. The van der Waals surface area contributed by atoms with Crippen LogP contribution < -0.4 is 10.6 Å². The number of aromatic nitrogens is 1. The van der Waals surface area contributed by atoms with Gasteiger partial charge in [-0.1, -0.05) is 31.7 Å². The third-order valence-electron chi connectivity index (χ3n) is 6.01. The van der Waals surface area contributed by atoms with Gasteiger partial charge >= 0.3 is 0 Å². The lowest BCUT2D eigenvalue weighted by molar-refractivity contribution is -0.117. The molecule has 4 rings (SSSR count). The Kier molecular flexibility index (Phi) is 6.60. The molecule has 154 valence electrons. The number of anilines is 2. The van der Waals surface area contributed by atoms with Crippen LogP contribution in [0.4, 0.5) is 10.8 Å². The topological polar surface area (TPSA) is 71.1 Å². The summed E-state index contributed by atoms with van der Waals surface area (Å²) in [6.07, 6.45) is 13.5. The van der Waals surface area contributed by atoms with Gasteiger partial charge in [-0.25, -0.2) is 4.98 Å². The monoisotopic (exact) mass is 411 g/mol. The number of hydrogen-bond acceptors (Lipinski definition) is 4. The number of thiophene rings is 1. The van der Waals surface area contributed by atoms with Crippen LogP contribution in [0.15, 0.2) is 24.4 Å². The predicted molar refractivity (Wildman–Crippen MR) is 118 cm³/mol. The smallest absolute Gasteiger partial charge is 0.260 e. The largest absolute Gasteiger partial charge is 0.317 e. The van der Waals surface area contributed by atoms with Gasteiger partial charge in [0.25, 0.3) is 5.91 Å². The zero-order chi connectivity index (χ0) is 20.1. The van der Waals surface area contributed by atoms with Gasteiger partial charge in [0.15, 0.2) is 0 Å². The zero-order valence-corrected chi connectivity index (χ0v) is 17.7. The summed E-state index contributed by atoms with van der Waals surface area (Å²) in [5, 5.41) is 6.73. The summed E-state index contributed by atoms with van der Waals surface area (Å²) in [6, 6.07) is 5.46. The minimum atomic E-state index is -0.170. The molecule has 5 nitrogen and oxygen atoms in total. The molecule has 2 heterocycles. The number of hydrogen-bond donors (Lipinski definition) is 2. The molecule has 0 aliphatic heterocycles. The molecular formula is C23H29N3O2S. The first-order valence-corrected chi connectivity index (χ1v) is 11.7. The van der Waals surface area contributed by atoms with Crippen LogP contribution in [0, 0.1) is 5.92 Å². The minimum Gasteiger partial charge on any atom is -0.317 e. The summed E-state index contributed by atoms with van der Waals surface area (Å²) >= 11 is 1.59. The first-order valence-electron chi connectivity index (χ1n) is 10.9. The first kappa shape index (κ1) is 20.1. The number of carbonyl (C=O) groups is 2. The minimum absolute atomic E-state index is 0.0418. The Balaban J connectivity index is 1.55. The number of rotatable bonds is 5. The van der Waals surface area contributed by atoms with Crippen molar-refractivity contribution >= 4 is 34.0 Å². The summed E-state index contributed by atoms with van der Waals surface area (Å²) < 4.78 is 0. The molecule has 0 saturated heterocycles. The van der Waals surface area contributed by atoms with E-state index in [2.05, 4.69) is 15.6 Å². The van der Waals surface area contributed by atoms with Gasteiger partial charge in [0, 0.05) is 17.5 Å². The van der Waals surface area contributed by atoms with E-state index in [9.17, 15) is 9.59 Å². The Hall–Kier alpha value is -2.21. The van der Waals surface area contributed by atoms with Gasteiger partial charge < -0.3 is 10.6 Å². The van der Waals surface area contributed by atoms with Crippen LogP contribution in [0.1, 0.15) is 78.6 Å². The van der Waals surface area contributed by atoms with E-state index in [1.54, 1.807) is 23.6 Å². The Labute approximate surface area is 176 Å². The van der Waals surface area contributed by atoms with E-state index in [-0.39, 0.29) is 11.8 Å². The van der Waals surface area contributed by atoms with Crippen LogP contribution in [-0.2, 0) is 17.6 Å². The van der Waals surface area contributed by atoms with E-state index in [1.807, 2.05) is 12.1 Å². The van der Waals surface area contributed by atoms with E-state index >= 15 is 0 Å². The molecular weight excluding hydrogens is 382 g/mol. The van der Waals surface area contributed by atoms with Crippen LogP contribution >= 0.6 is 11.3 Å². The average molecular weight is 412 g/mol. The van der Waals surface area contributed by atoms with E-state index in [0.717, 1.165) is 44.1 Å². The van der Waals surface area contributed by atoms with Gasteiger partial charge in [0.1, 0.15) is 10.8 Å². The van der Waals surface area contributed by atoms with Gasteiger partial charge in [0.2, 0.25) is 5.91 Å². The van der Waals surface area contributed by atoms with Crippen molar-refractivity contribution in [3.63, 3.8) is 0 Å². The van der Waals surface area contributed by atoms with E-state index in [4.69, 9.17) is 0 Å². The maximum absolute atomic E-state index is 13.2. The summed E-state index contributed by atoms with van der Waals surface area (Å²) in [6.45, 7) is 0. The predicted octanol–water partition coefficient (Wildman–Crippen LogP) is 5.57. The van der Waals surface area contributed by atoms with Gasteiger partial charge in [-0.15, -0.1) is 11.3 Å². The number of amides is 2. The molecule has 0 spiro atoms. The number of aryl methyl sites for hydroxylation is 1. The molecule has 0 bridgehead atoms. The molecule has 2 amide bonds. The highest BCUT2D eigenvalue weighted by molar-refractivity contribution is 7.17. The zero-order valence-electron chi connectivity index (χ0n) is 16.8. The first-order chi connectivity index (χ1) is 14.2. The molecule has 6 heteroatoms. The highest BCUT2D eigenvalue weighted by Gasteiger charge is 2.26. The van der Waals surface area contributed by atoms with Crippen LogP contribution in [0.5, 0.6) is 0 Å². The maximum atomic E-state index is 13.2. The number of carbonyl (C=O) groups excluding carboxylic acids is 2. The molecule has 0 unspecified atom stereocenters. The quantitative estimate of drug-likeness (QED) is 0.632. The average Bonchev–Trinajstić information content (AvgIpc) is 2.90. The van der Waals surface area contributed by atoms with Crippen molar-refractivity contribution < 1.29 is 9.59 Å². The fraction of sp³-hybridized carbons (Fsp3) is 0.522. The van der Waals surface area contributed by atoms with Crippen molar-refractivity contribution in [3.05, 3.63) is 40.4 Å². The lowest BCUT2D eigenvalue weighted by Gasteiger charge is -2.20. The Bertz CT molecular complexity index is 857. The van der Waals surface area contributed by atoms with Crippen molar-refractivity contribution in [3.8, 4) is 0 Å². The standard InChI is InChI=1S/C23H29N3O2S/c27-20(15-16-9-3-1-4-10-16)26-23-21(17-11-5-2-6-12-18(17)29-23)22(28)25-19-13-7-8-14-24-19/h7-8,13-14,16H,1-6,9-12,15H2,(H,26,27)(H,24,25,28). The molecule has 2 N–H and O–H groups in total. The highest BCUT2D eigenvalue weighted by atomic mass is 32.1. The summed E-state index contributed by atoms with van der Waals surface area (Å²) in [7, 11) is 0. The van der Waals surface area contributed by atoms with E-state index in [1.165, 1.54) is 30.6 Å². The third kappa shape index (κ3) is 5.04. The van der Waals surface area contributed by atoms with Crippen molar-refractivity contribution in [2.45, 2.75) is 70.6 Å². The Morgan fingerprint density at radius 3 is 2.59 bits per heavy atom. The lowest BCUT2D eigenvalue weighted by atomic mass is 9.87. The highest BCUT2D eigenvalue weighted by Crippen LogP contribution is 2.38.